The highest BCUT2D eigenvalue weighted by molar-refractivity contribution is 5.74. The Bertz CT molecular complexity index is 790. The predicted molar refractivity (Wildman–Crippen MR) is 115 cm³/mol. The van der Waals surface area contributed by atoms with Gasteiger partial charge in [0, 0.05) is 12.6 Å². The summed E-state index contributed by atoms with van der Waals surface area (Å²) in [7, 11) is 2.10. The Morgan fingerprint density at radius 2 is 1.93 bits per heavy atom. The molecule has 1 fully saturated rings. The number of rotatable bonds is 8. The molecule has 1 saturated heterocycles. The quantitative estimate of drug-likeness (QED) is 0.714. The molecule has 6 nitrogen and oxygen atoms in total. The summed E-state index contributed by atoms with van der Waals surface area (Å²) in [4.78, 5) is 21.2. The molecule has 1 N–H and O–H groups in total. The minimum absolute atomic E-state index is 0.123. The lowest BCUT2D eigenvalue weighted by atomic mass is 10.1. The average Bonchev–Trinajstić information content (AvgIpc) is 2.76. The van der Waals surface area contributed by atoms with E-state index < -0.39 is 0 Å². The third kappa shape index (κ3) is 6.69. The van der Waals surface area contributed by atoms with Crippen molar-refractivity contribution in [1.82, 2.24) is 20.1 Å². The van der Waals surface area contributed by atoms with Gasteiger partial charge in [-0.1, -0.05) is 19.1 Å². The van der Waals surface area contributed by atoms with E-state index in [-0.39, 0.29) is 17.9 Å². The number of urea groups is 1. The van der Waals surface area contributed by atoms with Crippen LogP contribution in [-0.2, 0) is 13.1 Å². The zero-order valence-electron chi connectivity index (χ0n) is 17.8. The van der Waals surface area contributed by atoms with Crippen LogP contribution in [0, 0.1) is 5.82 Å². The minimum atomic E-state index is -0.385. The molecule has 0 bridgehead atoms. The van der Waals surface area contributed by atoms with Crippen LogP contribution in [0.25, 0.3) is 0 Å². The van der Waals surface area contributed by atoms with Crippen LogP contribution >= 0.6 is 0 Å². The van der Waals surface area contributed by atoms with Crippen molar-refractivity contribution < 1.29 is 13.9 Å². The van der Waals surface area contributed by atoms with Crippen molar-refractivity contribution in [2.24, 2.45) is 0 Å². The highest BCUT2D eigenvalue weighted by Gasteiger charge is 2.22. The van der Waals surface area contributed by atoms with Gasteiger partial charge in [0.15, 0.2) is 0 Å². The fourth-order valence-corrected chi connectivity index (χ4v) is 3.45. The molecule has 30 heavy (non-hydrogen) atoms. The molecular weight excluding hydrogens is 383 g/mol. The van der Waals surface area contributed by atoms with E-state index in [0.717, 1.165) is 43.7 Å². The molecule has 162 valence electrons. The van der Waals surface area contributed by atoms with Crippen LogP contribution in [0.4, 0.5) is 9.18 Å². The molecule has 2 heterocycles. The van der Waals surface area contributed by atoms with Crippen molar-refractivity contribution in [3.05, 3.63) is 59.7 Å². The Morgan fingerprint density at radius 1 is 1.20 bits per heavy atom. The number of aromatic nitrogens is 1. The van der Waals surface area contributed by atoms with Crippen LogP contribution < -0.4 is 10.1 Å². The summed E-state index contributed by atoms with van der Waals surface area (Å²) in [6, 6.07) is 10.8. The van der Waals surface area contributed by atoms with Crippen LogP contribution in [0.2, 0.25) is 0 Å². The van der Waals surface area contributed by atoms with Crippen LogP contribution in [0.1, 0.15) is 37.4 Å². The van der Waals surface area contributed by atoms with Crippen LogP contribution in [0.15, 0.2) is 42.6 Å². The molecule has 2 amide bonds. The molecular formula is C23H31FN4O2. The third-order valence-corrected chi connectivity index (χ3v) is 5.24. The van der Waals surface area contributed by atoms with Crippen molar-refractivity contribution in [3.63, 3.8) is 0 Å². The van der Waals surface area contributed by atoms with Gasteiger partial charge in [-0.2, -0.15) is 0 Å². The number of carbonyl (C=O) groups is 1. The van der Waals surface area contributed by atoms with Crippen LogP contribution in [-0.4, -0.2) is 53.6 Å². The maximum atomic E-state index is 13.2. The first kappa shape index (κ1) is 22.0. The smallest absolute Gasteiger partial charge is 0.318 e. The van der Waals surface area contributed by atoms with Gasteiger partial charge in [-0.15, -0.1) is 0 Å². The molecule has 0 radical (unpaired) electrons. The Labute approximate surface area is 178 Å². The second kappa shape index (κ2) is 10.9. The summed E-state index contributed by atoms with van der Waals surface area (Å²) in [5.74, 6) is 0.437. The summed E-state index contributed by atoms with van der Waals surface area (Å²) in [6.45, 7) is 5.45. The number of ether oxygens (including phenoxy) is 1. The summed E-state index contributed by atoms with van der Waals surface area (Å²) < 4.78 is 18.9. The molecule has 1 aliphatic heterocycles. The largest absolute Gasteiger partial charge is 0.494 e. The first-order valence-corrected chi connectivity index (χ1v) is 10.6. The number of hydrogen-bond donors (Lipinski definition) is 1. The molecule has 0 saturated carbocycles. The Morgan fingerprint density at radius 3 is 2.57 bits per heavy atom. The van der Waals surface area contributed by atoms with E-state index in [1.165, 1.54) is 12.3 Å². The highest BCUT2D eigenvalue weighted by atomic mass is 19.1. The average molecular weight is 415 g/mol. The normalized spacial score (nSPS) is 15.0. The zero-order valence-corrected chi connectivity index (χ0v) is 17.8. The van der Waals surface area contributed by atoms with Crippen LogP contribution in [0.3, 0.4) is 0 Å². The van der Waals surface area contributed by atoms with Crippen molar-refractivity contribution in [3.8, 4) is 5.75 Å². The van der Waals surface area contributed by atoms with Gasteiger partial charge in [0.05, 0.1) is 25.0 Å². The predicted octanol–water partition coefficient (Wildman–Crippen LogP) is 3.82. The molecule has 7 heteroatoms. The van der Waals surface area contributed by atoms with Gasteiger partial charge in [-0.25, -0.2) is 9.18 Å². The van der Waals surface area contributed by atoms with E-state index in [2.05, 4.69) is 29.2 Å². The molecule has 1 aliphatic rings. The number of piperidine rings is 1. The lowest BCUT2D eigenvalue weighted by Gasteiger charge is -2.32. The third-order valence-electron chi connectivity index (χ3n) is 5.24. The molecule has 0 atom stereocenters. The Hall–Kier alpha value is -2.67. The van der Waals surface area contributed by atoms with Gasteiger partial charge in [0.25, 0.3) is 0 Å². The molecule has 3 rings (SSSR count). The van der Waals surface area contributed by atoms with Gasteiger partial charge in [0.1, 0.15) is 11.6 Å². The molecule has 0 spiro atoms. The number of benzene rings is 1. The molecule has 0 unspecified atom stereocenters. The van der Waals surface area contributed by atoms with E-state index in [0.29, 0.717) is 25.4 Å². The standard InChI is InChI=1S/C23H31FN4O2/c1-3-14-30-22-8-4-18(5-9-22)16-28(17-21-7-6-19(24)15-25-21)23(29)26-20-10-12-27(2)13-11-20/h4-9,15,20H,3,10-14,16-17H2,1-2H3,(H,26,29). The molecule has 1 aromatic heterocycles. The Kier molecular flexibility index (Phi) is 8.02. The number of hydrogen-bond acceptors (Lipinski definition) is 4. The monoisotopic (exact) mass is 414 g/mol. The molecule has 0 aliphatic carbocycles. The van der Waals surface area contributed by atoms with Crippen LogP contribution in [0.5, 0.6) is 5.75 Å². The van der Waals surface area contributed by atoms with E-state index in [1.54, 1.807) is 11.0 Å². The summed E-state index contributed by atoms with van der Waals surface area (Å²) in [5, 5.41) is 3.16. The van der Waals surface area contributed by atoms with Crippen molar-refractivity contribution in [2.45, 2.75) is 45.3 Å². The van der Waals surface area contributed by atoms with E-state index in [4.69, 9.17) is 4.74 Å². The summed E-state index contributed by atoms with van der Waals surface area (Å²) in [5.41, 5.74) is 1.65. The molecule has 1 aromatic carbocycles. The minimum Gasteiger partial charge on any atom is -0.494 e. The number of likely N-dealkylation sites (tertiary alicyclic amines) is 1. The fourth-order valence-electron chi connectivity index (χ4n) is 3.45. The number of nitrogens with zero attached hydrogens (tertiary/aromatic N) is 3. The number of halogens is 1. The van der Waals surface area contributed by atoms with Gasteiger partial charge in [-0.05, 0) is 69.2 Å². The second-order valence-corrected chi connectivity index (χ2v) is 7.84. The SMILES string of the molecule is CCCOc1ccc(CN(Cc2ccc(F)cn2)C(=O)NC2CCN(C)CC2)cc1. The summed E-state index contributed by atoms with van der Waals surface area (Å²) >= 11 is 0. The van der Waals surface area contributed by atoms with Crippen molar-refractivity contribution in [2.75, 3.05) is 26.7 Å². The second-order valence-electron chi connectivity index (χ2n) is 7.84. The highest BCUT2D eigenvalue weighted by Crippen LogP contribution is 2.16. The van der Waals surface area contributed by atoms with Crippen molar-refractivity contribution in [1.29, 1.82) is 0 Å². The van der Waals surface area contributed by atoms with Gasteiger partial charge in [-0.3, -0.25) is 4.98 Å². The van der Waals surface area contributed by atoms with Gasteiger partial charge >= 0.3 is 6.03 Å². The lowest BCUT2D eigenvalue weighted by Crippen LogP contribution is -2.48. The number of amides is 2. The first-order valence-electron chi connectivity index (χ1n) is 10.6. The van der Waals surface area contributed by atoms with E-state index >= 15 is 0 Å². The summed E-state index contributed by atoms with van der Waals surface area (Å²) in [6.07, 6.45) is 4.02. The van der Waals surface area contributed by atoms with Crippen molar-refractivity contribution >= 4 is 6.03 Å². The number of carbonyl (C=O) groups excluding carboxylic acids is 1. The van der Waals surface area contributed by atoms with Gasteiger partial charge < -0.3 is 19.9 Å². The number of nitrogens with one attached hydrogen (secondary N) is 1. The molecule has 2 aromatic rings. The number of pyridine rings is 1. The maximum absolute atomic E-state index is 13.2. The van der Waals surface area contributed by atoms with E-state index in [1.807, 2.05) is 24.3 Å². The topological polar surface area (TPSA) is 57.7 Å². The maximum Gasteiger partial charge on any atom is 0.318 e. The fraction of sp³-hybridized carbons (Fsp3) is 0.478. The zero-order chi connectivity index (χ0) is 21.3. The van der Waals surface area contributed by atoms with Gasteiger partial charge in [0.2, 0.25) is 0 Å². The van der Waals surface area contributed by atoms with E-state index in [9.17, 15) is 9.18 Å². The Balaban J connectivity index is 1.68. The lowest BCUT2D eigenvalue weighted by molar-refractivity contribution is 0.175. The first-order chi connectivity index (χ1) is 14.5.